The second-order valence-corrected chi connectivity index (χ2v) is 7.29. The molecule has 5 aromatic rings. The molecule has 0 aliphatic rings. The molecule has 31 heavy (non-hydrogen) atoms. The van der Waals surface area contributed by atoms with Gasteiger partial charge < -0.3 is 5.73 Å². The van der Waals surface area contributed by atoms with Gasteiger partial charge in [-0.25, -0.2) is 19.9 Å². The zero-order chi connectivity index (χ0) is 21.5. The Morgan fingerprint density at radius 2 is 1.71 bits per heavy atom. The Hall–Kier alpha value is -3.85. The van der Waals surface area contributed by atoms with Crippen LogP contribution in [0.5, 0.6) is 0 Å². The fourth-order valence-electron chi connectivity index (χ4n) is 3.49. The van der Waals surface area contributed by atoms with Crippen LogP contribution in [0.3, 0.4) is 0 Å². The molecule has 1 aromatic carbocycles. The van der Waals surface area contributed by atoms with Crippen LogP contribution in [-0.2, 0) is 12.9 Å². The molecule has 4 aromatic heterocycles. The van der Waals surface area contributed by atoms with Gasteiger partial charge in [-0.05, 0) is 36.8 Å². The molecule has 5 rings (SSSR count). The van der Waals surface area contributed by atoms with Crippen LogP contribution in [0.15, 0.2) is 48.8 Å². The van der Waals surface area contributed by atoms with Crippen LogP contribution < -0.4 is 5.73 Å². The minimum absolute atomic E-state index is 0.293. The molecule has 4 heterocycles. The highest BCUT2D eigenvalue weighted by Gasteiger charge is 2.20. The first-order chi connectivity index (χ1) is 15.0. The topological polar surface area (TPSA) is 113 Å². The van der Waals surface area contributed by atoms with Crippen LogP contribution in [0.1, 0.15) is 11.3 Å². The van der Waals surface area contributed by atoms with Crippen molar-refractivity contribution in [1.82, 2.24) is 39.5 Å². The number of halogens is 1. The Balaban J connectivity index is 1.80. The highest BCUT2D eigenvalue weighted by atomic mass is 35.5. The molecular formula is C21H18ClN9. The monoisotopic (exact) mass is 431 g/mol. The van der Waals surface area contributed by atoms with E-state index in [1.165, 1.54) is 4.80 Å². The summed E-state index contributed by atoms with van der Waals surface area (Å²) in [5.74, 6) is 1.28. The number of fused-ring (bicyclic) bond motifs is 1. The number of rotatable bonds is 4. The van der Waals surface area contributed by atoms with E-state index in [-0.39, 0.29) is 0 Å². The highest BCUT2D eigenvalue weighted by molar-refractivity contribution is 6.17. The Labute approximate surface area is 182 Å². The van der Waals surface area contributed by atoms with Gasteiger partial charge in [0.1, 0.15) is 16.9 Å². The minimum atomic E-state index is 0.293. The van der Waals surface area contributed by atoms with Crippen LogP contribution in [0.2, 0.25) is 0 Å². The lowest BCUT2D eigenvalue weighted by molar-refractivity contribution is 0.650. The van der Waals surface area contributed by atoms with Crippen molar-refractivity contribution in [3.63, 3.8) is 0 Å². The Morgan fingerprint density at radius 1 is 0.935 bits per heavy atom. The van der Waals surface area contributed by atoms with Crippen molar-refractivity contribution in [3.05, 3.63) is 60.0 Å². The molecular weight excluding hydrogens is 414 g/mol. The number of hydrogen-bond donors (Lipinski definition) is 1. The molecule has 10 heteroatoms. The first kappa shape index (κ1) is 19.1. The zero-order valence-corrected chi connectivity index (χ0v) is 17.6. The van der Waals surface area contributed by atoms with E-state index >= 15 is 0 Å². The third-order valence-corrected chi connectivity index (χ3v) is 5.23. The van der Waals surface area contributed by atoms with Gasteiger partial charge in [0, 0.05) is 31.0 Å². The molecule has 0 radical (unpaired) electrons. The van der Waals surface area contributed by atoms with Gasteiger partial charge >= 0.3 is 0 Å². The van der Waals surface area contributed by atoms with Crippen LogP contribution in [0, 0.1) is 6.92 Å². The number of nitrogens with two attached hydrogens (primary N) is 1. The fraction of sp³-hybridized carbons (Fsp3) is 0.143. The highest BCUT2D eigenvalue weighted by Crippen LogP contribution is 2.30. The van der Waals surface area contributed by atoms with E-state index in [1.54, 1.807) is 19.4 Å². The van der Waals surface area contributed by atoms with E-state index in [0.29, 0.717) is 40.1 Å². The second kappa shape index (κ2) is 7.44. The number of pyridine rings is 1. The van der Waals surface area contributed by atoms with Crippen molar-refractivity contribution in [1.29, 1.82) is 0 Å². The molecule has 2 N–H and O–H groups in total. The van der Waals surface area contributed by atoms with Crippen LogP contribution in [0.4, 0.5) is 5.82 Å². The number of aromatic nitrogens is 8. The van der Waals surface area contributed by atoms with Crippen molar-refractivity contribution >= 4 is 28.6 Å². The molecule has 0 unspecified atom stereocenters. The van der Waals surface area contributed by atoms with Crippen molar-refractivity contribution in [3.8, 4) is 28.6 Å². The lowest BCUT2D eigenvalue weighted by atomic mass is 10.2. The summed E-state index contributed by atoms with van der Waals surface area (Å²) in [7, 11) is 1.78. The Morgan fingerprint density at radius 3 is 2.39 bits per heavy atom. The number of anilines is 1. The zero-order valence-electron chi connectivity index (χ0n) is 16.9. The van der Waals surface area contributed by atoms with E-state index in [2.05, 4.69) is 20.2 Å². The van der Waals surface area contributed by atoms with Gasteiger partial charge in [0.2, 0.25) is 0 Å². The van der Waals surface area contributed by atoms with Crippen LogP contribution >= 0.6 is 11.6 Å². The molecule has 0 bridgehead atoms. The van der Waals surface area contributed by atoms with Crippen molar-refractivity contribution in [2.24, 2.45) is 7.05 Å². The summed E-state index contributed by atoms with van der Waals surface area (Å²) in [6.07, 6.45) is 3.14. The van der Waals surface area contributed by atoms with Gasteiger partial charge in [0.25, 0.3) is 0 Å². The van der Waals surface area contributed by atoms with Gasteiger partial charge in [0.15, 0.2) is 17.3 Å². The number of alkyl halides is 1. The molecule has 0 atom stereocenters. The third-order valence-electron chi connectivity index (χ3n) is 4.92. The Bertz CT molecular complexity index is 1400. The quantitative estimate of drug-likeness (QED) is 0.434. The molecule has 0 saturated heterocycles. The lowest BCUT2D eigenvalue weighted by Gasteiger charge is -2.10. The number of nitrogens with zero attached hydrogens (tertiary/aromatic N) is 8. The van der Waals surface area contributed by atoms with Crippen molar-refractivity contribution < 1.29 is 0 Å². The molecule has 0 aliphatic heterocycles. The molecule has 9 nitrogen and oxygen atoms in total. The molecule has 0 aliphatic carbocycles. The molecule has 0 spiro atoms. The number of aryl methyl sites for hydroxylation is 2. The molecule has 0 fully saturated rings. The fourth-order valence-corrected chi connectivity index (χ4v) is 3.67. The van der Waals surface area contributed by atoms with E-state index < -0.39 is 0 Å². The van der Waals surface area contributed by atoms with Gasteiger partial charge in [-0.3, -0.25) is 4.57 Å². The second-order valence-electron chi connectivity index (χ2n) is 7.02. The number of benzene rings is 1. The standard InChI is InChI=1S/C21H18ClN9/c1-12-17(29-30(2)28-12)15-7-8-16-20(26-15)31(14-5-3-13(11-22)4-6-14)21(27-16)18-19(23)25-10-9-24-18/h3-10H,11H2,1-2H3,(H2,23,25). The smallest absolute Gasteiger partial charge is 0.169 e. The number of hydrogen-bond acceptors (Lipinski definition) is 7. The first-order valence-corrected chi connectivity index (χ1v) is 10.1. The summed E-state index contributed by atoms with van der Waals surface area (Å²) in [4.78, 5) is 19.8. The SMILES string of the molecule is Cc1nn(C)nc1-c1ccc2nc(-c3nccnc3N)n(-c3ccc(CCl)cc3)c2n1. The maximum absolute atomic E-state index is 6.12. The van der Waals surface area contributed by atoms with Gasteiger partial charge in [-0.2, -0.15) is 15.0 Å². The average molecular weight is 432 g/mol. The van der Waals surface area contributed by atoms with E-state index in [1.807, 2.05) is 47.9 Å². The summed E-state index contributed by atoms with van der Waals surface area (Å²) in [6.45, 7) is 1.90. The molecule has 154 valence electrons. The van der Waals surface area contributed by atoms with Crippen LogP contribution in [0.25, 0.3) is 39.8 Å². The molecule has 0 amide bonds. The number of imidazole rings is 1. The van der Waals surface area contributed by atoms with Gasteiger partial charge in [-0.15, -0.1) is 11.6 Å². The summed E-state index contributed by atoms with van der Waals surface area (Å²) < 4.78 is 1.92. The maximum atomic E-state index is 6.12. The average Bonchev–Trinajstić information content (AvgIpc) is 3.32. The summed E-state index contributed by atoms with van der Waals surface area (Å²) in [5.41, 5.74) is 12.1. The van der Waals surface area contributed by atoms with E-state index in [9.17, 15) is 0 Å². The van der Waals surface area contributed by atoms with E-state index in [4.69, 9.17) is 27.3 Å². The predicted octanol–water partition coefficient (Wildman–Crippen LogP) is 3.30. The van der Waals surface area contributed by atoms with Gasteiger partial charge in [-0.1, -0.05) is 12.1 Å². The normalized spacial score (nSPS) is 11.3. The van der Waals surface area contributed by atoms with E-state index in [0.717, 1.165) is 22.6 Å². The van der Waals surface area contributed by atoms with Crippen LogP contribution in [-0.4, -0.2) is 39.5 Å². The number of nitrogen functional groups attached to an aromatic ring is 1. The maximum Gasteiger partial charge on any atom is 0.169 e. The lowest BCUT2D eigenvalue weighted by Crippen LogP contribution is -2.04. The Kier molecular flexibility index (Phi) is 4.59. The summed E-state index contributed by atoms with van der Waals surface area (Å²) in [6, 6.07) is 11.7. The minimum Gasteiger partial charge on any atom is -0.382 e. The summed E-state index contributed by atoms with van der Waals surface area (Å²) >= 11 is 5.97. The van der Waals surface area contributed by atoms with Crippen molar-refractivity contribution in [2.75, 3.05) is 5.73 Å². The summed E-state index contributed by atoms with van der Waals surface area (Å²) in [5, 5.41) is 8.78. The predicted molar refractivity (Wildman–Crippen MR) is 119 cm³/mol. The first-order valence-electron chi connectivity index (χ1n) is 9.55. The van der Waals surface area contributed by atoms with Crippen molar-refractivity contribution in [2.45, 2.75) is 12.8 Å². The third kappa shape index (κ3) is 3.28. The largest absolute Gasteiger partial charge is 0.382 e. The van der Waals surface area contributed by atoms with Gasteiger partial charge in [0.05, 0.1) is 11.4 Å². The molecule has 0 saturated carbocycles.